The van der Waals surface area contributed by atoms with Crippen molar-refractivity contribution in [3.63, 3.8) is 0 Å². The maximum atomic E-state index is 3.98. The monoisotopic (exact) mass is 151 g/mol. The quantitative estimate of drug-likeness (QED) is 0.603. The van der Waals surface area contributed by atoms with Gasteiger partial charge in [-0.2, -0.15) is 0 Å². The Morgan fingerprint density at radius 2 is 2.50 bits per heavy atom. The van der Waals surface area contributed by atoms with Crippen molar-refractivity contribution in [1.29, 1.82) is 0 Å². The van der Waals surface area contributed by atoms with Gasteiger partial charge in [0, 0.05) is 17.3 Å². The summed E-state index contributed by atoms with van der Waals surface area (Å²) in [5.41, 5.74) is 0. The van der Waals surface area contributed by atoms with Crippen molar-refractivity contribution >= 4 is 11.8 Å². The van der Waals surface area contributed by atoms with Gasteiger partial charge in [-0.3, -0.25) is 4.98 Å². The summed E-state index contributed by atoms with van der Waals surface area (Å²) in [6.07, 6.45) is 5.64. The Morgan fingerprint density at radius 1 is 1.60 bits per heavy atom. The topological polar surface area (TPSA) is 12.9 Å². The van der Waals surface area contributed by atoms with Gasteiger partial charge in [0.05, 0.1) is 0 Å². The zero-order valence-electron chi connectivity index (χ0n) is 5.82. The minimum atomic E-state index is 1.18. The van der Waals surface area contributed by atoms with Crippen molar-refractivity contribution in [3.05, 3.63) is 36.0 Å². The second-order valence-corrected chi connectivity index (χ2v) is 2.76. The largest absolute Gasteiger partial charge is 0.264 e. The van der Waals surface area contributed by atoms with Gasteiger partial charge in [-0.05, 0) is 24.5 Å². The Bertz CT molecular complexity index is 206. The van der Waals surface area contributed by atoms with Crippen molar-refractivity contribution in [2.75, 3.05) is 0 Å². The highest BCUT2D eigenvalue weighted by Gasteiger charge is 1.84. The van der Waals surface area contributed by atoms with Crippen LogP contribution in [0.25, 0.3) is 0 Å². The van der Waals surface area contributed by atoms with Crippen molar-refractivity contribution < 1.29 is 0 Å². The second kappa shape index (κ2) is 4.12. The number of hydrogen-bond donors (Lipinski definition) is 0. The van der Waals surface area contributed by atoms with Crippen LogP contribution in [0.3, 0.4) is 0 Å². The highest BCUT2D eigenvalue weighted by Crippen LogP contribution is 2.16. The number of rotatable bonds is 2. The summed E-state index contributed by atoms with van der Waals surface area (Å²) in [6, 6.07) is 3.98. The predicted octanol–water partition coefficient (Wildman–Crippen LogP) is 2.71. The molecule has 0 spiro atoms. The molecule has 0 bridgehead atoms. The molecule has 0 saturated heterocycles. The number of nitrogens with zero attached hydrogens (tertiary/aromatic N) is 1. The van der Waals surface area contributed by atoms with Crippen LogP contribution in [-0.2, 0) is 0 Å². The van der Waals surface area contributed by atoms with Crippen molar-refractivity contribution in [2.24, 2.45) is 0 Å². The molecule has 2 heteroatoms. The van der Waals surface area contributed by atoms with Crippen LogP contribution in [0, 0.1) is 0 Å². The Balaban J connectivity index is 2.59. The number of thioether (sulfide) groups is 1. The molecule has 1 aromatic rings. The lowest BCUT2D eigenvalue weighted by Crippen LogP contribution is -1.69. The second-order valence-electron chi connectivity index (χ2n) is 1.78. The summed E-state index contributed by atoms with van der Waals surface area (Å²) >= 11 is 1.68. The van der Waals surface area contributed by atoms with Crippen LogP contribution in [0.1, 0.15) is 6.92 Å². The van der Waals surface area contributed by atoms with Gasteiger partial charge >= 0.3 is 0 Å². The summed E-state index contributed by atoms with van der Waals surface area (Å²) in [5.74, 6) is 0. The molecule has 0 saturated carbocycles. The predicted molar refractivity (Wildman–Crippen MR) is 44.9 cm³/mol. The smallest absolute Gasteiger partial charge is 0.0407 e. The molecule has 52 valence electrons. The van der Waals surface area contributed by atoms with E-state index in [4.69, 9.17) is 0 Å². The fourth-order valence-corrected chi connectivity index (χ4v) is 1.14. The average Bonchev–Trinajstić information content (AvgIpc) is 2.03. The Hall–Kier alpha value is -0.760. The van der Waals surface area contributed by atoms with Crippen LogP contribution in [0.5, 0.6) is 0 Å². The molecule has 10 heavy (non-hydrogen) atoms. The molecule has 1 nitrogen and oxygen atoms in total. The maximum Gasteiger partial charge on any atom is 0.0407 e. The molecule has 0 atom stereocenters. The van der Waals surface area contributed by atoms with Crippen molar-refractivity contribution in [1.82, 2.24) is 4.98 Å². The van der Waals surface area contributed by atoms with Gasteiger partial charge in [0.15, 0.2) is 0 Å². The van der Waals surface area contributed by atoms with Gasteiger partial charge in [0.1, 0.15) is 0 Å². The van der Waals surface area contributed by atoms with Gasteiger partial charge in [0.2, 0.25) is 0 Å². The minimum absolute atomic E-state index is 1.18. The van der Waals surface area contributed by atoms with E-state index >= 15 is 0 Å². The lowest BCUT2D eigenvalue weighted by molar-refractivity contribution is 1.24. The highest BCUT2D eigenvalue weighted by atomic mass is 32.2. The minimum Gasteiger partial charge on any atom is -0.264 e. The van der Waals surface area contributed by atoms with Gasteiger partial charge in [-0.25, -0.2) is 0 Å². The van der Waals surface area contributed by atoms with E-state index in [0.717, 1.165) is 0 Å². The molecule has 0 radical (unpaired) electrons. The summed E-state index contributed by atoms with van der Waals surface area (Å²) in [5, 5.41) is 2.04. The first kappa shape index (κ1) is 7.35. The van der Waals surface area contributed by atoms with Crippen molar-refractivity contribution in [2.45, 2.75) is 11.8 Å². The highest BCUT2D eigenvalue weighted by molar-refractivity contribution is 8.02. The number of allylic oxidation sites excluding steroid dienone is 1. The van der Waals surface area contributed by atoms with Crippen molar-refractivity contribution in [3.8, 4) is 0 Å². The summed E-state index contributed by atoms with van der Waals surface area (Å²) < 4.78 is 0. The van der Waals surface area contributed by atoms with E-state index in [9.17, 15) is 0 Å². The van der Waals surface area contributed by atoms with Crippen LogP contribution in [-0.4, -0.2) is 4.98 Å². The molecule has 0 aliphatic rings. The van der Waals surface area contributed by atoms with E-state index < -0.39 is 0 Å². The SMILES string of the molecule is C/C=C/Sc1cccnc1. The molecule has 0 aliphatic carbocycles. The summed E-state index contributed by atoms with van der Waals surface area (Å²) in [6.45, 7) is 2.00. The van der Waals surface area contributed by atoms with Crippen LogP contribution in [0.15, 0.2) is 40.9 Å². The Labute approximate surface area is 65.2 Å². The number of aromatic nitrogens is 1. The van der Waals surface area contributed by atoms with Crippen LogP contribution < -0.4 is 0 Å². The third kappa shape index (κ3) is 2.23. The first-order valence-corrected chi connectivity index (χ1v) is 3.99. The first-order valence-electron chi connectivity index (χ1n) is 3.11. The van der Waals surface area contributed by atoms with Crippen LogP contribution in [0.4, 0.5) is 0 Å². The molecule has 0 amide bonds. The molecule has 1 aromatic heterocycles. The molecular formula is C8H9NS. The Morgan fingerprint density at radius 3 is 3.10 bits per heavy atom. The summed E-state index contributed by atoms with van der Waals surface area (Å²) in [4.78, 5) is 5.16. The van der Waals surface area contributed by atoms with Gasteiger partial charge in [-0.1, -0.05) is 17.8 Å². The molecule has 0 fully saturated rings. The molecule has 0 N–H and O–H groups in total. The summed E-state index contributed by atoms with van der Waals surface area (Å²) in [7, 11) is 0. The normalized spacial score (nSPS) is 10.5. The van der Waals surface area contributed by atoms with Gasteiger partial charge in [-0.15, -0.1) is 0 Å². The third-order valence-electron chi connectivity index (χ3n) is 0.975. The van der Waals surface area contributed by atoms with E-state index in [1.807, 2.05) is 36.7 Å². The molecule has 0 aliphatic heterocycles. The number of hydrogen-bond acceptors (Lipinski definition) is 2. The van der Waals surface area contributed by atoms with Gasteiger partial charge in [0.25, 0.3) is 0 Å². The first-order chi connectivity index (χ1) is 4.93. The Kier molecular flexibility index (Phi) is 3.03. The molecule has 1 rings (SSSR count). The fourth-order valence-electron chi connectivity index (χ4n) is 0.563. The standard InChI is InChI=1S/C8H9NS/c1-2-6-10-8-4-3-5-9-7-8/h2-7H,1H3/b6-2+. The maximum absolute atomic E-state index is 3.98. The fraction of sp³-hybridized carbons (Fsp3) is 0.125. The van der Waals surface area contributed by atoms with E-state index in [1.165, 1.54) is 4.90 Å². The molecule has 1 heterocycles. The zero-order valence-corrected chi connectivity index (χ0v) is 6.64. The van der Waals surface area contributed by atoms with Crippen LogP contribution >= 0.6 is 11.8 Å². The zero-order chi connectivity index (χ0) is 7.23. The van der Waals surface area contributed by atoms with E-state index in [2.05, 4.69) is 4.98 Å². The molecule has 0 unspecified atom stereocenters. The van der Waals surface area contributed by atoms with E-state index in [1.54, 1.807) is 18.0 Å². The van der Waals surface area contributed by atoms with Gasteiger partial charge < -0.3 is 0 Å². The van der Waals surface area contributed by atoms with E-state index in [-0.39, 0.29) is 0 Å². The molecule has 0 aromatic carbocycles. The third-order valence-corrected chi connectivity index (χ3v) is 1.90. The average molecular weight is 151 g/mol. The molecular weight excluding hydrogens is 142 g/mol. The van der Waals surface area contributed by atoms with E-state index in [0.29, 0.717) is 0 Å². The lowest BCUT2D eigenvalue weighted by Gasteiger charge is -1.90. The van der Waals surface area contributed by atoms with Crippen LogP contribution in [0.2, 0.25) is 0 Å². The number of pyridine rings is 1. The lowest BCUT2D eigenvalue weighted by atomic mass is 10.5.